The molecule has 0 radical (unpaired) electrons. The van der Waals surface area contributed by atoms with Crippen LogP contribution in [0, 0.1) is 0 Å². The summed E-state index contributed by atoms with van der Waals surface area (Å²) in [5.41, 5.74) is 0.0853. The molecule has 0 aliphatic heterocycles. The van der Waals surface area contributed by atoms with Crippen LogP contribution in [0.4, 0.5) is 0 Å². The van der Waals surface area contributed by atoms with E-state index in [1.807, 2.05) is 0 Å². The number of carbonyl (C=O) groups excluding carboxylic acids is 1. The number of benzene rings is 1. The van der Waals surface area contributed by atoms with Crippen molar-refractivity contribution >= 4 is 5.97 Å². The molecule has 1 aromatic carbocycles. The molecule has 0 aromatic heterocycles. The zero-order valence-electron chi connectivity index (χ0n) is 37.3. The molecule has 5 nitrogen and oxygen atoms in total. The third-order valence-corrected chi connectivity index (χ3v) is 11.0. The first-order valence-electron chi connectivity index (χ1n) is 23.9. The van der Waals surface area contributed by atoms with E-state index in [0.717, 1.165) is 38.5 Å². The van der Waals surface area contributed by atoms with Crippen molar-refractivity contribution < 1.29 is 93.0 Å². The van der Waals surface area contributed by atoms with Crippen molar-refractivity contribution in [1.29, 1.82) is 0 Å². The first-order chi connectivity index (χ1) is 26.6. The molecule has 6 heteroatoms. The Labute approximate surface area is 401 Å². The van der Waals surface area contributed by atoms with E-state index in [9.17, 15) is 9.90 Å². The minimum atomic E-state index is -1.21. The first-order valence-corrected chi connectivity index (χ1v) is 23.9. The Morgan fingerprint density at radius 3 is 0.836 bits per heavy atom. The Morgan fingerprint density at radius 2 is 0.600 bits per heavy atom. The number of aromatic carboxylic acids is 1. The molecule has 0 fully saturated rings. The Balaban J connectivity index is 0.0000292. The van der Waals surface area contributed by atoms with Crippen molar-refractivity contribution in [2.75, 3.05) is 19.8 Å². The van der Waals surface area contributed by atoms with Crippen LogP contribution in [0.5, 0.6) is 17.2 Å². The maximum Gasteiger partial charge on any atom is 1.00 e. The van der Waals surface area contributed by atoms with Gasteiger partial charge in [0.05, 0.1) is 25.8 Å². The summed E-state index contributed by atoms with van der Waals surface area (Å²) in [5.74, 6) is 0.292. The van der Waals surface area contributed by atoms with Gasteiger partial charge in [-0.2, -0.15) is 0 Å². The molecule has 0 atom stereocenters. The van der Waals surface area contributed by atoms with Gasteiger partial charge in [0.1, 0.15) is 0 Å². The van der Waals surface area contributed by atoms with Crippen LogP contribution in [0.15, 0.2) is 12.1 Å². The summed E-state index contributed by atoms with van der Waals surface area (Å²) in [5, 5.41) is 12.0. The molecule has 0 aliphatic rings. The molecule has 55 heavy (non-hydrogen) atoms. The van der Waals surface area contributed by atoms with Gasteiger partial charge >= 0.3 is 68.9 Å². The van der Waals surface area contributed by atoms with Gasteiger partial charge in [-0.1, -0.05) is 233 Å². The van der Waals surface area contributed by atoms with Gasteiger partial charge in [-0.15, -0.1) is 0 Å². The molecular weight excluding hydrogens is 801 g/mol. The summed E-state index contributed by atoms with van der Waals surface area (Å²) in [4.78, 5) is 12.0. The van der Waals surface area contributed by atoms with Gasteiger partial charge in [-0.25, -0.2) is 0 Å². The monoisotopic (exact) mass is 891 g/mol. The van der Waals surface area contributed by atoms with Gasteiger partial charge in [0.2, 0.25) is 5.75 Å². The number of unbranched alkanes of at least 4 members (excludes halogenated alkanes) is 33. The van der Waals surface area contributed by atoms with E-state index >= 15 is 0 Å². The van der Waals surface area contributed by atoms with Crippen LogP contribution in [0.3, 0.4) is 0 Å². The molecule has 0 saturated heterocycles. The second-order valence-electron chi connectivity index (χ2n) is 16.3. The van der Waals surface area contributed by atoms with Gasteiger partial charge < -0.3 is 24.1 Å². The maximum atomic E-state index is 12.0. The van der Waals surface area contributed by atoms with Gasteiger partial charge in [0.15, 0.2) is 11.5 Å². The predicted octanol–water partition coefficient (Wildman–Crippen LogP) is 12.3. The quantitative estimate of drug-likeness (QED) is 0.0611. The van der Waals surface area contributed by atoms with E-state index in [2.05, 4.69) is 20.8 Å². The smallest absolute Gasteiger partial charge is 0.545 e. The molecule has 1 aromatic rings. The molecular formula is C49H89CsO5. The van der Waals surface area contributed by atoms with Crippen molar-refractivity contribution in [2.24, 2.45) is 0 Å². The van der Waals surface area contributed by atoms with Crippen LogP contribution in [0.1, 0.15) is 262 Å². The van der Waals surface area contributed by atoms with E-state index in [1.54, 1.807) is 12.1 Å². The Kier molecular flexibility index (Phi) is 43.8. The standard InChI is InChI=1S/C49H90O5.Cs/c1-4-7-10-13-16-19-22-25-28-31-34-37-40-52-46-43-45(49(50)51)44-47(53-41-38-35-32-29-26-23-20-17-14-11-8-5-2)48(46)54-42-39-36-33-30-27-24-21-18-15-12-9-6-3;/h43-44H,4-42H2,1-3H3,(H,50,51);/q;+1/p-1. The van der Waals surface area contributed by atoms with Gasteiger partial charge in [-0.05, 0) is 31.4 Å². The second-order valence-corrected chi connectivity index (χ2v) is 16.3. The predicted molar refractivity (Wildman–Crippen MR) is 230 cm³/mol. The number of carboxylic acids is 1. The minimum absolute atomic E-state index is 0. The third kappa shape index (κ3) is 34.7. The third-order valence-electron chi connectivity index (χ3n) is 11.0. The van der Waals surface area contributed by atoms with Crippen molar-refractivity contribution in [2.45, 2.75) is 252 Å². The van der Waals surface area contributed by atoms with Crippen molar-refractivity contribution in [3.05, 3.63) is 17.7 Å². The second kappa shape index (κ2) is 43.7. The molecule has 0 N–H and O–H groups in total. The Hall–Kier alpha value is 0.142. The van der Waals surface area contributed by atoms with Crippen molar-refractivity contribution in [3.8, 4) is 17.2 Å². The molecule has 0 heterocycles. The largest absolute Gasteiger partial charge is 1.00 e. The number of rotatable bonds is 43. The zero-order valence-corrected chi connectivity index (χ0v) is 43.6. The molecule has 0 saturated carbocycles. The van der Waals surface area contributed by atoms with Crippen molar-refractivity contribution in [1.82, 2.24) is 0 Å². The van der Waals surface area contributed by atoms with Gasteiger partial charge in [0, 0.05) is 5.56 Å². The van der Waals surface area contributed by atoms with E-state index < -0.39 is 5.97 Å². The fourth-order valence-corrected chi connectivity index (χ4v) is 7.42. The number of ether oxygens (including phenoxy) is 3. The van der Waals surface area contributed by atoms with E-state index in [0.29, 0.717) is 37.1 Å². The van der Waals surface area contributed by atoms with Crippen LogP contribution in [0.2, 0.25) is 0 Å². The number of hydrogen-bond acceptors (Lipinski definition) is 5. The van der Waals surface area contributed by atoms with Crippen LogP contribution >= 0.6 is 0 Å². The maximum absolute atomic E-state index is 12.0. The average Bonchev–Trinajstić information content (AvgIpc) is 3.17. The van der Waals surface area contributed by atoms with E-state index in [4.69, 9.17) is 14.2 Å². The van der Waals surface area contributed by atoms with Crippen LogP contribution in [-0.2, 0) is 0 Å². The van der Waals surface area contributed by atoms with Gasteiger partial charge in [-0.3, -0.25) is 0 Å². The van der Waals surface area contributed by atoms with Crippen LogP contribution < -0.4 is 88.2 Å². The molecule has 316 valence electrons. The summed E-state index contributed by atoms with van der Waals surface area (Å²) >= 11 is 0. The number of carboxylic acid groups (broad SMARTS) is 1. The summed E-state index contributed by atoms with van der Waals surface area (Å²) in [6, 6.07) is 3.15. The molecule has 0 unspecified atom stereocenters. The minimum Gasteiger partial charge on any atom is -0.545 e. The number of hydrogen-bond donors (Lipinski definition) is 0. The molecule has 0 aliphatic carbocycles. The topological polar surface area (TPSA) is 67.8 Å². The molecule has 0 bridgehead atoms. The van der Waals surface area contributed by atoms with Crippen LogP contribution in [-0.4, -0.2) is 25.8 Å². The summed E-state index contributed by atoms with van der Waals surface area (Å²) < 4.78 is 18.9. The first kappa shape index (κ1) is 55.1. The normalized spacial score (nSPS) is 11.1. The van der Waals surface area contributed by atoms with Crippen molar-refractivity contribution in [3.63, 3.8) is 0 Å². The van der Waals surface area contributed by atoms with E-state index in [-0.39, 0.29) is 74.5 Å². The van der Waals surface area contributed by atoms with Crippen LogP contribution in [0.25, 0.3) is 0 Å². The molecule has 0 amide bonds. The molecule has 1 rings (SSSR count). The Morgan fingerprint density at radius 1 is 0.382 bits per heavy atom. The fourth-order valence-electron chi connectivity index (χ4n) is 7.42. The fraction of sp³-hybridized carbons (Fsp3) is 0.857. The average molecular weight is 891 g/mol. The van der Waals surface area contributed by atoms with E-state index in [1.165, 1.54) is 193 Å². The zero-order chi connectivity index (χ0) is 39.0. The number of carbonyl (C=O) groups is 1. The summed E-state index contributed by atoms with van der Waals surface area (Å²) in [7, 11) is 0. The SMILES string of the molecule is CCCCCCCCCCCCCCOc1cc(C(=O)[O-])cc(OCCCCCCCCCCCCCC)c1OCCCCCCCCCCCCCC.[Cs+]. The van der Waals surface area contributed by atoms with Gasteiger partial charge in [0.25, 0.3) is 0 Å². The Bertz CT molecular complexity index is 902. The molecule has 0 spiro atoms. The summed E-state index contributed by atoms with van der Waals surface area (Å²) in [6.07, 6.45) is 46.4. The summed E-state index contributed by atoms with van der Waals surface area (Å²) in [6.45, 7) is 8.49.